The van der Waals surface area contributed by atoms with Crippen LogP contribution in [-0.2, 0) is 0 Å². The first-order valence-electron chi connectivity index (χ1n) is 5.07. The van der Waals surface area contributed by atoms with Gasteiger partial charge in [-0.1, -0.05) is 0 Å². The summed E-state index contributed by atoms with van der Waals surface area (Å²) in [5, 5.41) is 12.5. The van der Waals surface area contributed by atoms with E-state index in [2.05, 4.69) is 15.3 Å². The van der Waals surface area contributed by atoms with E-state index in [1.54, 1.807) is 31.5 Å². The molecular weight excluding hydrogens is 206 g/mol. The molecule has 1 unspecified atom stereocenters. The number of H-pyrrole nitrogens is 1. The molecule has 0 aromatic carbocycles. The normalized spacial score (nSPS) is 12.6. The Bertz CT molecular complexity index is 505. The van der Waals surface area contributed by atoms with Gasteiger partial charge in [0.25, 0.3) is 5.91 Å². The molecule has 5 nitrogen and oxygen atoms in total. The molecule has 0 spiro atoms. The highest BCUT2D eigenvalue weighted by atomic mass is 16.3. The molecule has 0 aliphatic heterocycles. The summed E-state index contributed by atoms with van der Waals surface area (Å²) in [4.78, 5) is 18.8. The number of pyridine rings is 1. The first-order valence-corrected chi connectivity index (χ1v) is 5.07. The number of aromatic nitrogens is 2. The van der Waals surface area contributed by atoms with Crippen LogP contribution in [0, 0.1) is 0 Å². The van der Waals surface area contributed by atoms with Crippen LogP contribution >= 0.6 is 0 Å². The second-order valence-electron chi connectivity index (χ2n) is 3.66. The molecule has 2 heterocycles. The average Bonchev–Trinajstić information content (AvgIpc) is 2.73. The van der Waals surface area contributed by atoms with Crippen molar-refractivity contribution in [1.29, 1.82) is 0 Å². The molecule has 0 radical (unpaired) electrons. The highest BCUT2D eigenvalue weighted by Gasteiger charge is 2.11. The van der Waals surface area contributed by atoms with Crippen LogP contribution < -0.4 is 5.32 Å². The second-order valence-corrected chi connectivity index (χ2v) is 3.66. The van der Waals surface area contributed by atoms with Crippen LogP contribution in [0.4, 0.5) is 0 Å². The number of aliphatic hydroxyl groups excluding tert-OH is 1. The molecule has 2 aromatic heterocycles. The number of hydrogen-bond donors (Lipinski definition) is 3. The van der Waals surface area contributed by atoms with E-state index in [0.717, 1.165) is 5.39 Å². The number of aromatic amines is 1. The third-order valence-corrected chi connectivity index (χ3v) is 2.26. The van der Waals surface area contributed by atoms with Crippen molar-refractivity contribution in [2.45, 2.75) is 13.0 Å². The zero-order valence-corrected chi connectivity index (χ0v) is 8.90. The van der Waals surface area contributed by atoms with E-state index >= 15 is 0 Å². The van der Waals surface area contributed by atoms with Crippen LogP contribution in [0.15, 0.2) is 24.5 Å². The maximum Gasteiger partial charge on any atom is 0.252 e. The Morgan fingerprint density at radius 3 is 3.19 bits per heavy atom. The molecule has 0 aliphatic carbocycles. The SMILES string of the molecule is CC(O)CNC(=O)c1ccnc2[nH]ccc12. The van der Waals surface area contributed by atoms with Gasteiger partial charge in [-0.3, -0.25) is 4.79 Å². The summed E-state index contributed by atoms with van der Waals surface area (Å²) in [5.74, 6) is -0.201. The van der Waals surface area contributed by atoms with Crippen molar-refractivity contribution < 1.29 is 9.90 Å². The number of carbonyl (C=O) groups is 1. The summed E-state index contributed by atoms with van der Waals surface area (Å²) in [6, 6.07) is 3.47. The van der Waals surface area contributed by atoms with E-state index in [1.165, 1.54) is 0 Å². The van der Waals surface area contributed by atoms with Crippen LogP contribution in [-0.4, -0.2) is 33.6 Å². The summed E-state index contributed by atoms with van der Waals surface area (Å²) in [6.07, 6.45) is 2.77. The number of aliphatic hydroxyl groups is 1. The molecule has 16 heavy (non-hydrogen) atoms. The largest absolute Gasteiger partial charge is 0.392 e. The van der Waals surface area contributed by atoms with Gasteiger partial charge in [0.05, 0.1) is 11.7 Å². The van der Waals surface area contributed by atoms with Crippen LogP contribution in [0.5, 0.6) is 0 Å². The minimum atomic E-state index is -0.549. The van der Waals surface area contributed by atoms with Crippen LogP contribution in [0.25, 0.3) is 11.0 Å². The lowest BCUT2D eigenvalue weighted by Gasteiger charge is -2.07. The summed E-state index contributed by atoms with van der Waals surface area (Å²) < 4.78 is 0. The van der Waals surface area contributed by atoms with Gasteiger partial charge in [0.15, 0.2) is 0 Å². The van der Waals surface area contributed by atoms with Gasteiger partial charge in [0.1, 0.15) is 5.65 Å². The van der Waals surface area contributed by atoms with Crippen molar-refractivity contribution >= 4 is 16.9 Å². The highest BCUT2D eigenvalue weighted by Crippen LogP contribution is 2.14. The van der Waals surface area contributed by atoms with Crippen LogP contribution in [0.3, 0.4) is 0 Å². The molecule has 0 fully saturated rings. The Morgan fingerprint density at radius 2 is 2.44 bits per heavy atom. The molecule has 2 rings (SSSR count). The first kappa shape index (κ1) is 10.6. The molecule has 3 N–H and O–H groups in total. The fourth-order valence-corrected chi connectivity index (χ4v) is 1.49. The van der Waals surface area contributed by atoms with Crippen LogP contribution in [0.1, 0.15) is 17.3 Å². The lowest BCUT2D eigenvalue weighted by atomic mass is 10.2. The Labute approximate surface area is 92.5 Å². The third-order valence-electron chi connectivity index (χ3n) is 2.26. The number of carbonyl (C=O) groups excluding carboxylic acids is 1. The predicted molar refractivity (Wildman–Crippen MR) is 60.1 cm³/mol. The molecule has 1 amide bonds. The van der Waals surface area contributed by atoms with Crippen molar-refractivity contribution in [3.8, 4) is 0 Å². The van der Waals surface area contributed by atoms with Crippen LogP contribution in [0.2, 0.25) is 0 Å². The van der Waals surface area contributed by atoms with E-state index in [0.29, 0.717) is 11.2 Å². The van der Waals surface area contributed by atoms with E-state index in [-0.39, 0.29) is 12.5 Å². The molecule has 1 atom stereocenters. The van der Waals surface area contributed by atoms with E-state index in [9.17, 15) is 4.79 Å². The fraction of sp³-hybridized carbons (Fsp3) is 0.273. The maximum atomic E-state index is 11.8. The van der Waals surface area contributed by atoms with Crippen molar-refractivity contribution in [1.82, 2.24) is 15.3 Å². The summed E-state index contributed by atoms with van der Waals surface area (Å²) >= 11 is 0. The van der Waals surface area contributed by atoms with Gasteiger partial charge >= 0.3 is 0 Å². The molecule has 84 valence electrons. The van der Waals surface area contributed by atoms with Crippen molar-refractivity contribution in [3.63, 3.8) is 0 Å². The standard InChI is InChI=1S/C11H13N3O2/c1-7(15)6-14-11(16)9-3-5-13-10-8(9)2-4-12-10/h2-5,7,15H,6H2,1H3,(H,12,13)(H,14,16). The number of fused-ring (bicyclic) bond motifs is 1. The van der Waals surface area contributed by atoms with Gasteiger partial charge in [-0.05, 0) is 19.1 Å². The Hall–Kier alpha value is -1.88. The van der Waals surface area contributed by atoms with Gasteiger partial charge in [-0.15, -0.1) is 0 Å². The van der Waals surface area contributed by atoms with Gasteiger partial charge in [0, 0.05) is 24.3 Å². The predicted octanol–water partition coefficient (Wildman–Crippen LogP) is 0.673. The minimum Gasteiger partial charge on any atom is -0.392 e. The first-order chi connectivity index (χ1) is 7.68. The molecule has 5 heteroatoms. The van der Waals surface area contributed by atoms with Gasteiger partial charge in [0.2, 0.25) is 0 Å². The van der Waals surface area contributed by atoms with E-state index < -0.39 is 6.10 Å². The van der Waals surface area contributed by atoms with E-state index in [1.807, 2.05) is 0 Å². The molecule has 0 aliphatic rings. The summed E-state index contributed by atoms with van der Waals surface area (Å²) in [7, 11) is 0. The van der Waals surface area contributed by atoms with Gasteiger partial charge < -0.3 is 15.4 Å². The fourth-order valence-electron chi connectivity index (χ4n) is 1.49. The lowest BCUT2D eigenvalue weighted by molar-refractivity contribution is 0.0925. The maximum absolute atomic E-state index is 11.8. The molecule has 0 saturated carbocycles. The number of hydrogen-bond acceptors (Lipinski definition) is 3. The molecule has 0 bridgehead atoms. The number of amides is 1. The zero-order chi connectivity index (χ0) is 11.5. The van der Waals surface area contributed by atoms with Crippen molar-refractivity contribution in [3.05, 3.63) is 30.1 Å². The number of nitrogens with one attached hydrogen (secondary N) is 2. The highest BCUT2D eigenvalue weighted by molar-refractivity contribution is 6.05. The molecular formula is C11H13N3O2. The van der Waals surface area contributed by atoms with Gasteiger partial charge in [-0.2, -0.15) is 0 Å². The van der Waals surface area contributed by atoms with Crippen molar-refractivity contribution in [2.24, 2.45) is 0 Å². The van der Waals surface area contributed by atoms with Gasteiger partial charge in [-0.25, -0.2) is 4.98 Å². The second kappa shape index (κ2) is 4.32. The molecule has 0 saturated heterocycles. The topological polar surface area (TPSA) is 78.0 Å². The zero-order valence-electron chi connectivity index (χ0n) is 8.90. The third kappa shape index (κ3) is 2.04. The average molecular weight is 219 g/mol. The summed E-state index contributed by atoms with van der Waals surface area (Å²) in [6.45, 7) is 1.87. The lowest BCUT2D eigenvalue weighted by Crippen LogP contribution is -2.30. The quantitative estimate of drug-likeness (QED) is 0.710. The van der Waals surface area contributed by atoms with E-state index in [4.69, 9.17) is 5.11 Å². The summed E-state index contributed by atoms with van der Waals surface area (Å²) in [5.41, 5.74) is 1.25. The smallest absolute Gasteiger partial charge is 0.252 e. The molecule has 2 aromatic rings. The number of rotatable bonds is 3. The Morgan fingerprint density at radius 1 is 1.62 bits per heavy atom. The Balaban J connectivity index is 2.25. The van der Waals surface area contributed by atoms with Crippen molar-refractivity contribution in [2.75, 3.05) is 6.54 Å². The number of nitrogens with zero attached hydrogens (tertiary/aromatic N) is 1. The minimum absolute atomic E-state index is 0.201. The monoisotopic (exact) mass is 219 g/mol. The Kier molecular flexibility index (Phi) is 2.87.